The van der Waals surface area contributed by atoms with E-state index in [0.29, 0.717) is 12.5 Å². The molecule has 2 fully saturated rings. The topological polar surface area (TPSA) is 70.3 Å². The third kappa shape index (κ3) is 2.63. The van der Waals surface area contributed by atoms with E-state index in [4.69, 9.17) is 15.2 Å². The fraction of sp³-hybridized carbons (Fsp3) is 0.714. The standard InChI is InChI=1S/C14H21N3O2/c1-10-7-17-12(8-16-10)13(15)11-2-4-19-14(6-11)3-5-18-9-14/h7-8,11,13H,2-6,9,15H2,1H3. The van der Waals surface area contributed by atoms with Crippen molar-refractivity contribution in [2.24, 2.45) is 11.7 Å². The molecule has 3 heterocycles. The molecule has 2 aliphatic rings. The molecule has 1 aromatic rings. The van der Waals surface area contributed by atoms with Crippen LogP contribution in [0, 0.1) is 12.8 Å². The van der Waals surface area contributed by atoms with Gasteiger partial charge in [-0.2, -0.15) is 0 Å². The number of aryl methyl sites for hydroxylation is 1. The van der Waals surface area contributed by atoms with Crippen molar-refractivity contribution in [3.8, 4) is 0 Å². The van der Waals surface area contributed by atoms with Crippen LogP contribution in [-0.2, 0) is 9.47 Å². The lowest BCUT2D eigenvalue weighted by molar-refractivity contribution is -0.101. The fourth-order valence-corrected chi connectivity index (χ4v) is 3.05. The first kappa shape index (κ1) is 13.0. The summed E-state index contributed by atoms with van der Waals surface area (Å²) >= 11 is 0. The molecule has 3 unspecified atom stereocenters. The van der Waals surface area contributed by atoms with Gasteiger partial charge in [0, 0.05) is 25.8 Å². The van der Waals surface area contributed by atoms with Gasteiger partial charge in [-0.25, -0.2) is 0 Å². The highest BCUT2D eigenvalue weighted by Gasteiger charge is 2.42. The molecule has 2 aliphatic heterocycles. The number of hydrogen-bond acceptors (Lipinski definition) is 5. The van der Waals surface area contributed by atoms with Gasteiger partial charge in [0.05, 0.1) is 35.8 Å². The maximum atomic E-state index is 6.37. The monoisotopic (exact) mass is 263 g/mol. The summed E-state index contributed by atoms with van der Waals surface area (Å²) in [7, 11) is 0. The second kappa shape index (κ2) is 5.15. The van der Waals surface area contributed by atoms with Gasteiger partial charge >= 0.3 is 0 Å². The molecule has 5 heteroatoms. The smallest absolute Gasteiger partial charge is 0.0940 e. The Morgan fingerprint density at radius 2 is 2.26 bits per heavy atom. The zero-order valence-electron chi connectivity index (χ0n) is 11.3. The van der Waals surface area contributed by atoms with Gasteiger partial charge in [0.1, 0.15) is 0 Å². The predicted molar refractivity (Wildman–Crippen MR) is 70.5 cm³/mol. The summed E-state index contributed by atoms with van der Waals surface area (Å²) < 4.78 is 11.4. The van der Waals surface area contributed by atoms with Crippen LogP contribution >= 0.6 is 0 Å². The molecule has 0 radical (unpaired) electrons. The first-order valence-electron chi connectivity index (χ1n) is 6.94. The van der Waals surface area contributed by atoms with Gasteiger partial charge in [-0.1, -0.05) is 0 Å². The molecule has 0 saturated carbocycles. The Bertz CT molecular complexity index is 429. The molecule has 0 amide bonds. The van der Waals surface area contributed by atoms with Crippen LogP contribution in [0.3, 0.4) is 0 Å². The molecule has 0 aromatic carbocycles. The largest absolute Gasteiger partial charge is 0.378 e. The van der Waals surface area contributed by atoms with Crippen LogP contribution in [0.4, 0.5) is 0 Å². The SMILES string of the molecule is Cc1cnc(C(N)C2CCOC3(CCOC3)C2)cn1. The van der Waals surface area contributed by atoms with Crippen LogP contribution in [0.25, 0.3) is 0 Å². The molecular formula is C14H21N3O2. The normalized spacial score (nSPS) is 32.6. The number of nitrogens with zero attached hydrogens (tertiary/aromatic N) is 2. The second-order valence-corrected chi connectivity index (χ2v) is 5.70. The quantitative estimate of drug-likeness (QED) is 0.872. The molecule has 0 bridgehead atoms. The van der Waals surface area contributed by atoms with Crippen molar-refractivity contribution in [2.45, 2.75) is 37.8 Å². The van der Waals surface area contributed by atoms with E-state index in [1.54, 1.807) is 12.4 Å². The highest BCUT2D eigenvalue weighted by atomic mass is 16.6. The third-order valence-corrected chi connectivity index (χ3v) is 4.25. The molecule has 104 valence electrons. The van der Waals surface area contributed by atoms with Crippen molar-refractivity contribution in [3.63, 3.8) is 0 Å². The van der Waals surface area contributed by atoms with Gasteiger partial charge in [0.25, 0.3) is 0 Å². The van der Waals surface area contributed by atoms with Crippen molar-refractivity contribution in [3.05, 3.63) is 23.8 Å². The minimum atomic E-state index is -0.0985. The minimum absolute atomic E-state index is 0.0607. The van der Waals surface area contributed by atoms with Gasteiger partial charge in [0.2, 0.25) is 0 Å². The van der Waals surface area contributed by atoms with Gasteiger partial charge < -0.3 is 15.2 Å². The maximum absolute atomic E-state index is 6.37. The van der Waals surface area contributed by atoms with E-state index in [0.717, 1.165) is 43.9 Å². The maximum Gasteiger partial charge on any atom is 0.0940 e. The Balaban J connectivity index is 1.72. The summed E-state index contributed by atoms with van der Waals surface area (Å²) in [5, 5.41) is 0. The molecule has 5 nitrogen and oxygen atoms in total. The van der Waals surface area contributed by atoms with E-state index in [9.17, 15) is 0 Å². The molecule has 3 atom stereocenters. The number of hydrogen-bond donors (Lipinski definition) is 1. The molecule has 0 aliphatic carbocycles. The van der Waals surface area contributed by atoms with Crippen LogP contribution in [0.2, 0.25) is 0 Å². The van der Waals surface area contributed by atoms with Crippen LogP contribution in [0.15, 0.2) is 12.4 Å². The Labute approximate surface area is 113 Å². The summed E-state index contributed by atoms with van der Waals surface area (Å²) in [6, 6.07) is -0.0607. The first-order valence-corrected chi connectivity index (χ1v) is 6.94. The van der Waals surface area contributed by atoms with Crippen molar-refractivity contribution in [1.82, 2.24) is 9.97 Å². The van der Waals surface area contributed by atoms with Gasteiger partial charge in [-0.15, -0.1) is 0 Å². The second-order valence-electron chi connectivity index (χ2n) is 5.70. The lowest BCUT2D eigenvalue weighted by Crippen LogP contribution is -2.43. The predicted octanol–water partition coefficient (Wildman–Crippen LogP) is 1.37. The Hall–Kier alpha value is -1.04. The molecule has 2 saturated heterocycles. The summed E-state index contributed by atoms with van der Waals surface area (Å²) in [6.07, 6.45) is 6.51. The van der Waals surface area contributed by atoms with Crippen molar-refractivity contribution in [1.29, 1.82) is 0 Å². The lowest BCUT2D eigenvalue weighted by atomic mass is 9.80. The van der Waals surface area contributed by atoms with E-state index in [1.807, 2.05) is 6.92 Å². The average Bonchev–Trinajstić information content (AvgIpc) is 2.87. The van der Waals surface area contributed by atoms with E-state index >= 15 is 0 Å². The van der Waals surface area contributed by atoms with Crippen molar-refractivity contribution in [2.75, 3.05) is 19.8 Å². The number of nitrogens with two attached hydrogens (primary N) is 1. The minimum Gasteiger partial charge on any atom is -0.378 e. The number of rotatable bonds is 2. The zero-order valence-corrected chi connectivity index (χ0v) is 11.3. The molecule has 19 heavy (non-hydrogen) atoms. The van der Waals surface area contributed by atoms with E-state index in [-0.39, 0.29) is 11.6 Å². The fourth-order valence-electron chi connectivity index (χ4n) is 3.05. The molecular weight excluding hydrogens is 242 g/mol. The molecule has 3 rings (SSSR count). The molecule has 1 spiro atoms. The Kier molecular flexibility index (Phi) is 3.52. The summed E-state index contributed by atoms with van der Waals surface area (Å²) in [6.45, 7) is 4.20. The highest BCUT2D eigenvalue weighted by molar-refractivity contribution is 5.08. The Morgan fingerprint density at radius 3 is 2.95 bits per heavy atom. The number of ether oxygens (including phenoxy) is 2. The highest BCUT2D eigenvalue weighted by Crippen LogP contribution is 2.39. The van der Waals surface area contributed by atoms with E-state index in [1.165, 1.54) is 0 Å². The first-order chi connectivity index (χ1) is 9.19. The molecule has 2 N–H and O–H groups in total. The summed E-state index contributed by atoms with van der Waals surface area (Å²) in [5.74, 6) is 0.396. The summed E-state index contributed by atoms with van der Waals surface area (Å²) in [5.41, 5.74) is 8.07. The van der Waals surface area contributed by atoms with E-state index in [2.05, 4.69) is 9.97 Å². The van der Waals surface area contributed by atoms with Crippen LogP contribution in [-0.4, -0.2) is 35.4 Å². The van der Waals surface area contributed by atoms with E-state index < -0.39 is 0 Å². The van der Waals surface area contributed by atoms with Crippen LogP contribution in [0.5, 0.6) is 0 Å². The van der Waals surface area contributed by atoms with Crippen LogP contribution in [0.1, 0.15) is 36.7 Å². The third-order valence-electron chi connectivity index (χ3n) is 4.25. The number of aromatic nitrogens is 2. The van der Waals surface area contributed by atoms with Crippen molar-refractivity contribution < 1.29 is 9.47 Å². The summed E-state index contributed by atoms with van der Waals surface area (Å²) in [4.78, 5) is 8.69. The van der Waals surface area contributed by atoms with Crippen LogP contribution < -0.4 is 5.73 Å². The van der Waals surface area contributed by atoms with Gasteiger partial charge in [-0.3, -0.25) is 9.97 Å². The van der Waals surface area contributed by atoms with Gasteiger partial charge in [-0.05, 0) is 25.7 Å². The molecule has 1 aromatic heterocycles. The Morgan fingerprint density at radius 1 is 1.37 bits per heavy atom. The lowest BCUT2D eigenvalue weighted by Gasteiger charge is -2.39. The zero-order chi connectivity index (χ0) is 13.3. The van der Waals surface area contributed by atoms with Crippen molar-refractivity contribution >= 4 is 0 Å². The average molecular weight is 263 g/mol. The van der Waals surface area contributed by atoms with Gasteiger partial charge in [0.15, 0.2) is 0 Å².